The first-order valence-corrected chi connectivity index (χ1v) is 6.28. The van der Waals surface area contributed by atoms with E-state index in [1.54, 1.807) is 0 Å². The molecule has 1 aromatic rings. The highest BCUT2D eigenvalue weighted by Gasteiger charge is 2.20. The third-order valence-electron chi connectivity index (χ3n) is 3.37. The maximum absolute atomic E-state index is 5.70. The minimum atomic E-state index is 0.806. The molecule has 16 heavy (non-hydrogen) atoms. The van der Waals surface area contributed by atoms with Crippen LogP contribution in [0.4, 0.5) is 0 Å². The molecule has 1 aliphatic rings. The van der Waals surface area contributed by atoms with Gasteiger partial charge < -0.3 is 4.74 Å². The van der Waals surface area contributed by atoms with Gasteiger partial charge in [0.1, 0.15) is 12.4 Å². The van der Waals surface area contributed by atoms with Gasteiger partial charge in [0.05, 0.1) is 0 Å². The molecule has 1 aliphatic heterocycles. The van der Waals surface area contributed by atoms with E-state index in [1.165, 1.54) is 25.9 Å². The molecule has 0 saturated carbocycles. The van der Waals surface area contributed by atoms with E-state index in [-0.39, 0.29) is 0 Å². The second-order valence-electron chi connectivity index (χ2n) is 4.53. The van der Waals surface area contributed by atoms with Crippen molar-refractivity contribution in [3.05, 3.63) is 30.3 Å². The van der Waals surface area contributed by atoms with E-state index >= 15 is 0 Å². The van der Waals surface area contributed by atoms with Gasteiger partial charge in [-0.15, -0.1) is 0 Å². The molecule has 0 bridgehead atoms. The fourth-order valence-corrected chi connectivity index (χ4v) is 2.26. The summed E-state index contributed by atoms with van der Waals surface area (Å²) in [6.07, 6.45) is 2.68. The Morgan fingerprint density at radius 1 is 1.31 bits per heavy atom. The number of para-hydroxylation sites is 1. The number of rotatable bonds is 5. The standard InChI is InChI=1S/C14H21NO/c1-2-13-8-9-15(12-13)10-11-16-14-6-4-3-5-7-14/h3-7,13H,2,8-12H2,1H3/t13-/m1/s1. The fourth-order valence-electron chi connectivity index (χ4n) is 2.26. The van der Waals surface area contributed by atoms with Crippen molar-refractivity contribution >= 4 is 0 Å². The molecule has 0 amide bonds. The molecule has 1 aromatic carbocycles. The van der Waals surface area contributed by atoms with Gasteiger partial charge in [-0.25, -0.2) is 0 Å². The summed E-state index contributed by atoms with van der Waals surface area (Å²) in [5.41, 5.74) is 0. The molecule has 2 rings (SSSR count). The molecular formula is C14H21NO. The molecule has 0 aliphatic carbocycles. The summed E-state index contributed by atoms with van der Waals surface area (Å²) < 4.78 is 5.70. The number of ether oxygens (including phenoxy) is 1. The van der Waals surface area contributed by atoms with Gasteiger partial charge in [-0.05, 0) is 31.0 Å². The molecule has 2 heteroatoms. The van der Waals surface area contributed by atoms with Gasteiger partial charge in [-0.2, -0.15) is 0 Å². The highest BCUT2D eigenvalue weighted by atomic mass is 16.5. The maximum atomic E-state index is 5.70. The van der Waals surface area contributed by atoms with Crippen LogP contribution in [0.25, 0.3) is 0 Å². The third kappa shape index (κ3) is 3.24. The lowest BCUT2D eigenvalue weighted by atomic mass is 10.1. The average molecular weight is 219 g/mol. The van der Waals surface area contributed by atoms with Gasteiger partial charge in [0.15, 0.2) is 0 Å². The molecule has 0 N–H and O–H groups in total. The van der Waals surface area contributed by atoms with E-state index in [1.807, 2.05) is 30.3 Å². The van der Waals surface area contributed by atoms with Crippen LogP contribution in [0.2, 0.25) is 0 Å². The van der Waals surface area contributed by atoms with Gasteiger partial charge in [0.2, 0.25) is 0 Å². The Bertz CT molecular complexity index is 299. The number of hydrogen-bond donors (Lipinski definition) is 0. The van der Waals surface area contributed by atoms with E-state index in [2.05, 4.69) is 11.8 Å². The predicted octanol–water partition coefficient (Wildman–Crippen LogP) is 2.80. The van der Waals surface area contributed by atoms with Crippen molar-refractivity contribution < 1.29 is 4.74 Å². The van der Waals surface area contributed by atoms with Crippen molar-refractivity contribution in [3.63, 3.8) is 0 Å². The van der Waals surface area contributed by atoms with Crippen LogP contribution in [0, 0.1) is 5.92 Å². The Labute approximate surface area is 98.2 Å². The topological polar surface area (TPSA) is 12.5 Å². The zero-order chi connectivity index (χ0) is 11.2. The lowest BCUT2D eigenvalue weighted by Crippen LogP contribution is -2.26. The third-order valence-corrected chi connectivity index (χ3v) is 3.37. The van der Waals surface area contributed by atoms with Crippen LogP contribution in [0.5, 0.6) is 5.75 Å². The van der Waals surface area contributed by atoms with Crippen LogP contribution in [0.3, 0.4) is 0 Å². The van der Waals surface area contributed by atoms with Crippen LogP contribution in [-0.4, -0.2) is 31.1 Å². The minimum Gasteiger partial charge on any atom is -0.492 e. The molecule has 0 radical (unpaired) electrons. The Kier molecular flexibility index (Phi) is 4.23. The summed E-state index contributed by atoms with van der Waals surface area (Å²) in [5.74, 6) is 1.89. The van der Waals surface area contributed by atoms with Crippen LogP contribution < -0.4 is 4.74 Å². The maximum Gasteiger partial charge on any atom is 0.119 e. The second-order valence-corrected chi connectivity index (χ2v) is 4.53. The summed E-state index contributed by atoms with van der Waals surface area (Å²) in [6.45, 7) is 6.66. The smallest absolute Gasteiger partial charge is 0.119 e. The first-order chi connectivity index (χ1) is 7.88. The average Bonchev–Trinajstić information content (AvgIpc) is 2.78. The molecule has 88 valence electrons. The van der Waals surface area contributed by atoms with Crippen LogP contribution in [-0.2, 0) is 0 Å². The zero-order valence-corrected chi connectivity index (χ0v) is 10.1. The van der Waals surface area contributed by atoms with Crippen LogP contribution in [0.1, 0.15) is 19.8 Å². The summed E-state index contributed by atoms with van der Waals surface area (Å²) in [5, 5.41) is 0. The van der Waals surface area contributed by atoms with Gasteiger partial charge in [-0.1, -0.05) is 31.5 Å². The van der Waals surface area contributed by atoms with Crippen molar-refractivity contribution in [1.82, 2.24) is 4.90 Å². The zero-order valence-electron chi connectivity index (χ0n) is 10.1. The van der Waals surface area contributed by atoms with Gasteiger partial charge >= 0.3 is 0 Å². The SMILES string of the molecule is CC[C@@H]1CCN(CCOc2ccccc2)C1. The Hall–Kier alpha value is -1.02. The second kappa shape index (κ2) is 5.90. The molecule has 0 spiro atoms. The molecule has 2 nitrogen and oxygen atoms in total. The Balaban J connectivity index is 1.65. The van der Waals surface area contributed by atoms with Crippen molar-refractivity contribution in [2.75, 3.05) is 26.2 Å². The summed E-state index contributed by atoms with van der Waals surface area (Å²) in [6, 6.07) is 10.1. The fraction of sp³-hybridized carbons (Fsp3) is 0.571. The molecular weight excluding hydrogens is 198 g/mol. The molecule has 0 unspecified atom stereocenters. The van der Waals surface area contributed by atoms with E-state index in [0.717, 1.165) is 24.8 Å². The van der Waals surface area contributed by atoms with E-state index < -0.39 is 0 Å². The quantitative estimate of drug-likeness (QED) is 0.755. The Morgan fingerprint density at radius 2 is 2.12 bits per heavy atom. The summed E-state index contributed by atoms with van der Waals surface area (Å²) in [4.78, 5) is 2.51. The first-order valence-electron chi connectivity index (χ1n) is 6.28. The van der Waals surface area contributed by atoms with Crippen molar-refractivity contribution in [2.45, 2.75) is 19.8 Å². The number of hydrogen-bond acceptors (Lipinski definition) is 2. The normalized spacial score (nSPS) is 21.2. The molecule has 1 fully saturated rings. The van der Waals surface area contributed by atoms with Crippen molar-refractivity contribution in [2.24, 2.45) is 5.92 Å². The largest absolute Gasteiger partial charge is 0.492 e. The highest BCUT2D eigenvalue weighted by molar-refractivity contribution is 5.20. The first kappa shape index (κ1) is 11.5. The molecule has 0 aromatic heterocycles. The van der Waals surface area contributed by atoms with Gasteiger partial charge in [0.25, 0.3) is 0 Å². The summed E-state index contributed by atoms with van der Waals surface area (Å²) in [7, 11) is 0. The molecule has 1 atom stereocenters. The summed E-state index contributed by atoms with van der Waals surface area (Å²) >= 11 is 0. The lowest BCUT2D eigenvalue weighted by molar-refractivity contribution is 0.232. The number of likely N-dealkylation sites (tertiary alicyclic amines) is 1. The molecule has 1 heterocycles. The van der Waals surface area contributed by atoms with Crippen LogP contribution in [0.15, 0.2) is 30.3 Å². The predicted molar refractivity (Wildman–Crippen MR) is 66.8 cm³/mol. The van der Waals surface area contributed by atoms with E-state index in [4.69, 9.17) is 4.74 Å². The van der Waals surface area contributed by atoms with Gasteiger partial charge in [-0.3, -0.25) is 4.90 Å². The van der Waals surface area contributed by atoms with E-state index in [0.29, 0.717) is 0 Å². The number of benzene rings is 1. The molecule has 1 saturated heterocycles. The van der Waals surface area contributed by atoms with Crippen molar-refractivity contribution in [3.8, 4) is 5.75 Å². The van der Waals surface area contributed by atoms with E-state index in [9.17, 15) is 0 Å². The van der Waals surface area contributed by atoms with Gasteiger partial charge in [0, 0.05) is 13.1 Å². The number of nitrogens with zero attached hydrogens (tertiary/aromatic N) is 1. The highest BCUT2D eigenvalue weighted by Crippen LogP contribution is 2.18. The Morgan fingerprint density at radius 3 is 2.81 bits per heavy atom. The minimum absolute atomic E-state index is 0.806. The van der Waals surface area contributed by atoms with Crippen LogP contribution >= 0.6 is 0 Å². The lowest BCUT2D eigenvalue weighted by Gasteiger charge is -2.15. The monoisotopic (exact) mass is 219 g/mol. The van der Waals surface area contributed by atoms with Crippen molar-refractivity contribution in [1.29, 1.82) is 0 Å².